The summed E-state index contributed by atoms with van der Waals surface area (Å²) < 4.78 is 13.6. The molecule has 0 radical (unpaired) electrons. The van der Waals surface area contributed by atoms with Crippen LogP contribution < -0.4 is 5.73 Å². The first kappa shape index (κ1) is 12.2. The number of aryl methyl sites for hydroxylation is 2. The third-order valence-electron chi connectivity index (χ3n) is 2.61. The number of halogens is 1. The topological polar surface area (TPSA) is 38.9 Å². The summed E-state index contributed by atoms with van der Waals surface area (Å²) in [6.45, 7) is 3.88. The first-order valence-corrected chi connectivity index (χ1v) is 6.37. The van der Waals surface area contributed by atoms with Gasteiger partial charge < -0.3 is 5.73 Å². The lowest BCUT2D eigenvalue weighted by Crippen LogP contribution is -2.15. The molecular weight excluding hydrogens is 235 g/mol. The Hall–Kier alpha value is -1.26. The van der Waals surface area contributed by atoms with Gasteiger partial charge in [0, 0.05) is 29.1 Å². The van der Waals surface area contributed by atoms with Gasteiger partial charge in [-0.15, -0.1) is 11.3 Å². The SMILES string of the molecule is Cc1ccc(F)c(C(N)Cc2nc(C)cs2)c1. The number of aromatic nitrogens is 1. The third kappa shape index (κ3) is 2.90. The fraction of sp³-hybridized carbons (Fsp3) is 0.308. The van der Waals surface area contributed by atoms with Gasteiger partial charge >= 0.3 is 0 Å². The second kappa shape index (κ2) is 4.94. The van der Waals surface area contributed by atoms with Gasteiger partial charge in [-0.05, 0) is 19.9 Å². The molecule has 90 valence electrons. The van der Waals surface area contributed by atoms with Gasteiger partial charge in [0.15, 0.2) is 0 Å². The molecule has 2 nitrogen and oxygen atoms in total. The molecule has 4 heteroatoms. The van der Waals surface area contributed by atoms with Gasteiger partial charge in [0.05, 0.1) is 5.01 Å². The fourth-order valence-corrected chi connectivity index (χ4v) is 2.57. The van der Waals surface area contributed by atoms with Crippen molar-refractivity contribution in [2.24, 2.45) is 5.73 Å². The fourth-order valence-electron chi connectivity index (χ4n) is 1.74. The largest absolute Gasteiger partial charge is 0.324 e. The maximum atomic E-state index is 13.6. The molecule has 0 saturated heterocycles. The van der Waals surface area contributed by atoms with Crippen molar-refractivity contribution in [1.29, 1.82) is 0 Å². The average molecular weight is 250 g/mol. The van der Waals surface area contributed by atoms with Crippen molar-refractivity contribution in [3.63, 3.8) is 0 Å². The maximum Gasteiger partial charge on any atom is 0.128 e. The Morgan fingerprint density at radius 1 is 1.41 bits per heavy atom. The summed E-state index contributed by atoms with van der Waals surface area (Å²) in [7, 11) is 0. The number of nitrogens with zero attached hydrogens (tertiary/aromatic N) is 1. The molecule has 2 rings (SSSR count). The summed E-state index contributed by atoms with van der Waals surface area (Å²) in [6, 6.07) is 4.69. The highest BCUT2D eigenvalue weighted by Gasteiger charge is 2.13. The maximum absolute atomic E-state index is 13.6. The number of hydrogen-bond donors (Lipinski definition) is 1. The van der Waals surface area contributed by atoms with E-state index in [1.54, 1.807) is 23.5 Å². The summed E-state index contributed by atoms with van der Waals surface area (Å²) in [4.78, 5) is 4.34. The van der Waals surface area contributed by atoms with Gasteiger partial charge in [0.1, 0.15) is 5.82 Å². The van der Waals surface area contributed by atoms with Crippen molar-refractivity contribution < 1.29 is 4.39 Å². The van der Waals surface area contributed by atoms with E-state index in [-0.39, 0.29) is 11.9 Å². The molecule has 0 aliphatic carbocycles. The van der Waals surface area contributed by atoms with E-state index in [2.05, 4.69) is 4.98 Å². The Balaban J connectivity index is 2.19. The van der Waals surface area contributed by atoms with Crippen molar-refractivity contribution in [3.8, 4) is 0 Å². The van der Waals surface area contributed by atoms with E-state index in [0.29, 0.717) is 12.0 Å². The molecule has 1 atom stereocenters. The van der Waals surface area contributed by atoms with Crippen LogP contribution in [-0.4, -0.2) is 4.98 Å². The minimum Gasteiger partial charge on any atom is -0.324 e. The Labute approximate surface area is 104 Å². The molecule has 1 unspecified atom stereocenters. The van der Waals surface area contributed by atoms with Crippen LogP contribution in [0.15, 0.2) is 23.6 Å². The Bertz CT molecular complexity index is 522. The molecule has 17 heavy (non-hydrogen) atoms. The van der Waals surface area contributed by atoms with Gasteiger partial charge in [0.2, 0.25) is 0 Å². The molecule has 2 N–H and O–H groups in total. The van der Waals surface area contributed by atoms with Crippen LogP contribution in [0, 0.1) is 19.7 Å². The van der Waals surface area contributed by atoms with E-state index in [1.807, 2.05) is 19.2 Å². The minimum absolute atomic E-state index is 0.239. The standard InChI is InChI=1S/C13H15FN2S/c1-8-3-4-11(14)10(5-8)12(15)6-13-16-9(2)7-17-13/h3-5,7,12H,6,15H2,1-2H3. The van der Waals surface area contributed by atoms with Gasteiger partial charge in [-0.3, -0.25) is 0 Å². The average Bonchev–Trinajstić information content (AvgIpc) is 2.67. The minimum atomic E-state index is -0.333. The molecule has 0 spiro atoms. The molecule has 0 amide bonds. The third-order valence-corrected chi connectivity index (χ3v) is 3.60. The van der Waals surface area contributed by atoms with Crippen LogP contribution in [0.1, 0.15) is 27.9 Å². The number of nitrogens with two attached hydrogens (primary N) is 1. The highest BCUT2D eigenvalue weighted by molar-refractivity contribution is 7.09. The lowest BCUT2D eigenvalue weighted by Gasteiger charge is -2.12. The summed E-state index contributed by atoms with van der Waals surface area (Å²) in [6.07, 6.45) is 0.582. The van der Waals surface area contributed by atoms with Crippen LogP contribution in [0.2, 0.25) is 0 Å². The second-order valence-corrected chi connectivity index (χ2v) is 5.16. The van der Waals surface area contributed by atoms with Crippen LogP contribution in [0.5, 0.6) is 0 Å². The predicted octanol–water partition coefficient (Wildman–Crippen LogP) is 3.14. The summed E-state index contributed by atoms with van der Waals surface area (Å²) >= 11 is 1.57. The predicted molar refractivity (Wildman–Crippen MR) is 68.6 cm³/mol. The van der Waals surface area contributed by atoms with E-state index < -0.39 is 0 Å². The lowest BCUT2D eigenvalue weighted by molar-refractivity contribution is 0.579. The highest BCUT2D eigenvalue weighted by Crippen LogP contribution is 2.22. The van der Waals surface area contributed by atoms with Crippen LogP contribution in [0.25, 0.3) is 0 Å². The van der Waals surface area contributed by atoms with Crippen LogP contribution in [0.3, 0.4) is 0 Å². The molecule has 0 fully saturated rings. The van der Waals surface area contributed by atoms with E-state index >= 15 is 0 Å². The molecule has 0 aliphatic heterocycles. The van der Waals surface area contributed by atoms with Gasteiger partial charge in [-0.25, -0.2) is 9.37 Å². The number of rotatable bonds is 3. The zero-order chi connectivity index (χ0) is 12.4. The van der Waals surface area contributed by atoms with E-state index in [9.17, 15) is 4.39 Å². The summed E-state index contributed by atoms with van der Waals surface area (Å²) in [5.74, 6) is -0.239. The molecule has 0 saturated carbocycles. The van der Waals surface area contributed by atoms with Crippen molar-refractivity contribution in [2.45, 2.75) is 26.3 Å². The molecule has 1 heterocycles. The molecule has 0 bridgehead atoms. The van der Waals surface area contributed by atoms with Gasteiger partial charge in [0.25, 0.3) is 0 Å². The highest BCUT2D eigenvalue weighted by atomic mass is 32.1. The quantitative estimate of drug-likeness (QED) is 0.909. The Kier molecular flexibility index (Phi) is 3.54. The second-order valence-electron chi connectivity index (χ2n) is 4.22. The smallest absolute Gasteiger partial charge is 0.128 e. The van der Waals surface area contributed by atoms with Crippen LogP contribution in [0.4, 0.5) is 4.39 Å². The lowest BCUT2D eigenvalue weighted by atomic mass is 10.0. The first-order valence-electron chi connectivity index (χ1n) is 5.49. The van der Waals surface area contributed by atoms with E-state index in [0.717, 1.165) is 16.3 Å². The zero-order valence-corrected chi connectivity index (χ0v) is 10.7. The first-order chi connectivity index (χ1) is 8.06. The number of benzene rings is 1. The molecule has 1 aromatic heterocycles. The van der Waals surface area contributed by atoms with E-state index in [1.165, 1.54) is 6.07 Å². The van der Waals surface area contributed by atoms with Crippen molar-refractivity contribution >= 4 is 11.3 Å². The molecule has 0 aliphatic rings. The number of hydrogen-bond acceptors (Lipinski definition) is 3. The zero-order valence-electron chi connectivity index (χ0n) is 9.90. The van der Waals surface area contributed by atoms with Crippen molar-refractivity contribution in [2.75, 3.05) is 0 Å². The van der Waals surface area contributed by atoms with Gasteiger partial charge in [-0.1, -0.05) is 17.7 Å². The molecule has 2 aromatic rings. The van der Waals surface area contributed by atoms with Crippen molar-refractivity contribution in [3.05, 3.63) is 51.2 Å². The monoisotopic (exact) mass is 250 g/mol. The summed E-state index contributed by atoms with van der Waals surface area (Å²) in [5, 5.41) is 2.94. The van der Waals surface area contributed by atoms with E-state index in [4.69, 9.17) is 5.73 Å². The Morgan fingerprint density at radius 3 is 2.82 bits per heavy atom. The van der Waals surface area contributed by atoms with Gasteiger partial charge in [-0.2, -0.15) is 0 Å². The van der Waals surface area contributed by atoms with Crippen LogP contribution in [-0.2, 0) is 6.42 Å². The van der Waals surface area contributed by atoms with Crippen LogP contribution >= 0.6 is 11.3 Å². The normalized spacial score (nSPS) is 12.7. The summed E-state index contributed by atoms with van der Waals surface area (Å²) in [5.41, 5.74) is 8.61. The number of thiazole rings is 1. The van der Waals surface area contributed by atoms with Crippen molar-refractivity contribution in [1.82, 2.24) is 4.98 Å². The Morgan fingerprint density at radius 2 is 2.18 bits per heavy atom. The molecule has 1 aromatic carbocycles. The molecular formula is C13H15FN2S.